The smallest absolute Gasteiger partial charge is 0.289 e. The third-order valence-electron chi connectivity index (χ3n) is 5.28. The molecule has 1 amide bonds. The lowest BCUT2D eigenvalue weighted by atomic mass is 10.3. The minimum atomic E-state index is -3.84. The summed E-state index contributed by atoms with van der Waals surface area (Å²) < 4.78 is 50.9. The summed E-state index contributed by atoms with van der Waals surface area (Å²) in [7, 11) is -3.84. The highest BCUT2D eigenvalue weighted by atomic mass is 32.2. The molecule has 34 heavy (non-hydrogen) atoms. The van der Waals surface area contributed by atoms with Crippen LogP contribution in [0.1, 0.15) is 16.3 Å². The normalized spacial score (nSPS) is 14.7. The first kappa shape index (κ1) is 23.4. The van der Waals surface area contributed by atoms with Gasteiger partial charge in [-0.1, -0.05) is 0 Å². The number of nitrogens with zero attached hydrogens (tertiary/aromatic N) is 3. The molecule has 1 aromatic heterocycles. The van der Waals surface area contributed by atoms with Crippen molar-refractivity contribution in [3.05, 3.63) is 88.1 Å². The number of non-ortho nitro benzene ring substituents is 1. The van der Waals surface area contributed by atoms with Crippen molar-refractivity contribution < 1.29 is 31.7 Å². The van der Waals surface area contributed by atoms with Crippen LogP contribution in [0.25, 0.3) is 0 Å². The van der Waals surface area contributed by atoms with E-state index in [1.54, 1.807) is 6.07 Å². The van der Waals surface area contributed by atoms with Gasteiger partial charge in [0.1, 0.15) is 23.9 Å². The average molecular weight is 489 g/mol. The summed E-state index contributed by atoms with van der Waals surface area (Å²) in [4.78, 5) is 24.4. The SMILES string of the molecule is O=C(c1ccc(COc2ccc(F)cc2)o1)N1CCN(S(=O)(=O)c2ccc([N+](=O)[O-])cc2)CC1. The lowest BCUT2D eigenvalue weighted by molar-refractivity contribution is -0.384. The molecule has 0 saturated carbocycles. The molecule has 0 aliphatic carbocycles. The first-order valence-electron chi connectivity index (χ1n) is 10.2. The quantitative estimate of drug-likeness (QED) is 0.369. The van der Waals surface area contributed by atoms with E-state index < -0.39 is 14.9 Å². The summed E-state index contributed by atoms with van der Waals surface area (Å²) in [5, 5.41) is 10.8. The van der Waals surface area contributed by atoms with Crippen molar-refractivity contribution in [2.24, 2.45) is 0 Å². The van der Waals surface area contributed by atoms with Crippen molar-refractivity contribution >= 4 is 21.6 Å². The summed E-state index contributed by atoms with van der Waals surface area (Å²) in [5.41, 5.74) is -0.199. The Morgan fingerprint density at radius 1 is 1.00 bits per heavy atom. The predicted octanol–water partition coefficient (Wildman–Crippen LogP) is 3.05. The predicted molar refractivity (Wildman–Crippen MR) is 117 cm³/mol. The molecule has 10 nitrogen and oxygen atoms in total. The summed E-state index contributed by atoms with van der Waals surface area (Å²) in [5.74, 6) is 0.215. The number of furan rings is 1. The van der Waals surface area contributed by atoms with Crippen LogP contribution in [0.15, 0.2) is 70.0 Å². The molecule has 0 bridgehead atoms. The molecule has 0 N–H and O–H groups in total. The van der Waals surface area contributed by atoms with Crippen LogP contribution in [0.5, 0.6) is 5.75 Å². The average Bonchev–Trinajstić information content (AvgIpc) is 3.32. The lowest BCUT2D eigenvalue weighted by Gasteiger charge is -2.33. The molecule has 1 fully saturated rings. The molecule has 0 spiro atoms. The Kier molecular flexibility index (Phi) is 6.61. The third kappa shape index (κ3) is 5.07. The molecule has 12 heteroatoms. The number of halogens is 1. The van der Waals surface area contributed by atoms with Crippen molar-refractivity contribution in [2.45, 2.75) is 11.5 Å². The molecule has 2 aromatic carbocycles. The lowest BCUT2D eigenvalue weighted by Crippen LogP contribution is -2.50. The second-order valence-corrected chi connectivity index (χ2v) is 9.39. The number of ether oxygens (including phenoxy) is 1. The zero-order chi connectivity index (χ0) is 24.3. The van der Waals surface area contributed by atoms with Gasteiger partial charge in [-0.15, -0.1) is 0 Å². The molecule has 178 valence electrons. The van der Waals surface area contributed by atoms with Crippen LogP contribution in [0.2, 0.25) is 0 Å². The number of nitro groups is 1. The molecule has 0 radical (unpaired) electrons. The van der Waals surface area contributed by atoms with Crippen molar-refractivity contribution in [2.75, 3.05) is 26.2 Å². The van der Waals surface area contributed by atoms with Crippen molar-refractivity contribution in [3.8, 4) is 5.75 Å². The van der Waals surface area contributed by atoms with Crippen molar-refractivity contribution in [1.82, 2.24) is 9.21 Å². The standard InChI is InChI=1S/C22H20FN3O7S/c23-16-1-5-18(6-2-16)32-15-19-7-10-21(33-19)22(27)24-11-13-25(14-12-24)34(30,31)20-8-3-17(4-9-20)26(28)29/h1-10H,11-15H2. The molecule has 2 heterocycles. The molecule has 1 aliphatic heterocycles. The third-order valence-corrected chi connectivity index (χ3v) is 7.19. The number of nitro benzene ring substituents is 1. The Balaban J connectivity index is 1.33. The van der Waals surface area contributed by atoms with Gasteiger partial charge < -0.3 is 14.1 Å². The number of amides is 1. The first-order valence-corrected chi connectivity index (χ1v) is 11.7. The fraction of sp³-hybridized carbons (Fsp3) is 0.227. The maximum absolute atomic E-state index is 13.0. The van der Waals surface area contributed by atoms with Crippen LogP contribution in [0.4, 0.5) is 10.1 Å². The second kappa shape index (κ2) is 9.61. The Morgan fingerprint density at radius 3 is 2.26 bits per heavy atom. The van der Waals surface area contributed by atoms with Gasteiger partial charge in [0.15, 0.2) is 5.76 Å². The van der Waals surface area contributed by atoms with Gasteiger partial charge in [0.05, 0.1) is 9.82 Å². The van der Waals surface area contributed by atoms with Gasteiger partial charge in [-0.2, -0.15) is 4.31 Å². The Labute approximate surface area is 194 Å². The molecule has 0 unspecified atom stereocenters. The topological polar surface area (TPSA) is 123 Å². The summed E-state index contributed by atoms with van der Waals surface area (Å²) in [6.45, 7) is 0.527. The van der Waals surface area contributed by atoms with E-state index >= 15 is 0 Å². The van der Waals surface area contributed by atoms with E-state index in [9.17, 15) is 27.7 Å². The number of carbonyl (C=O) groups excluding carboxylic acids is 1. The van der Waals surface area contributed by atoms with E-state index in [1.807, 2.05) is 0 Å². The second-order valence-electron chi connectivity index (χ2n) is 7.46. The van der Waals surface area contributed by atoms with E-state index in [0.29, 0.717) is 11.5 Å². The number of carbonyl (C=O) groups is 1. The minimum Gasteiger partial charge on any atom is -0.486 e. The van der Waals surface area contributed by atoms with Gasteiger partial charge in [-0.05, 0) is 48.5 Å². The molecule has 1 saturated heterocycles. The molecule has 4 rings (SSSR count). The van der Waals surface area contributed by atoms with Gasteiger partial charge in [0.25, 0.3) is 11.6 Å². The molecular weight excluding hydrogens is 469 g/mol. The summed E-state index contributed by atoms with van der Waals surface area (Å²) in [6.07, 6.45) is 0. The number of piperazine rings is 1. The summed E-state index contributed by atoms with van der Waals surface area (Å²) in [6, 6.07) is 13.3. The van der Waals surface area contributed by atoms with Gasteiger partial charge in [-0.3, -0.25) is 14.9 Å². The zero-order valence-corrected chi connectivity index (χ0v) is 18.6. The number of rotatable bonds is 7. The van der Waals surface area contributed by atoms with Gasteiger partial charge in [-0.25, -0.2) is 12.8 Å². The Bertz CT molecular complexity index is 1280. The monoisotopic (exact) mass is 489 g/mol. The molecule has 0 atom stereocenters. The Hall–Kier alpha value is -3.77. The molecule has 3 aromatic rings. The fourth-order valence-corrected chi connectivity index (χ4v) is 4.85. The Morgan fingerprint density at radius 2 is 1.65 bits per heavy atom. The van der Waals surface area contributed by atoms with E-state index in [0.717, 1.165) is 12.1 Å². The summed E-state index contributed by atoms with van der Waals surface area (Å²) >= 11 is 0. The van der Waals surface area contributed by atoms with Gasteiger partial charge in [0.2, 0.25) is 10.0 Å². The minimum absolute atomic E-state index is 0.0466. The highest BCUT2D eigenvalue weighted by Gasteiger charge is 2.31. The van der Waals surface area contributed by atoms with Crippen LogP contribution < -0.4 is 4.74 Å². The number of benzene rings is 2. The first-order chi connectivity index (χ1) is 16.2. The van der Waals surface area contributed by atoms with E-state index in [4.69, 9.17) is 9.15 Å². The van der Waals surface area contributed by atoms with Crippen LogP contribution in [0.3, 0.4) is 0 Å². The number of hydrogen-bond donors (Lipinski definition) is 0. The van der Waals surface area contributed by atoms with Crippen molar-refractivity contribution in [1.29, 1.82) is 0 Å². The largest absolute Gasteiger partial charge is 0.486 e. The van der Waals surface area contributed by atoms with Crippen LogP contribution in [-0.4, -0.2) is 54.6 Å². The maximum atomic E-state index is 13.0. The fourth-order valence-electron chi connectivity index (χ4n) is 3.43. The maximum Gasteiger partial charge on any atom is 0.289 e. The van der Waals surface area contributed by atoms with Crippen LogP contribution in [0, 0.1) is 15.9 Å². The van der Waals surface area contributed by atoms with Gasteiger partial charge in [0, 0.05) is 38.3 Å². The zero-order valence-electron chi connectivity index (χ0n) is 17.8. The van der Waals surface area contributed by atoms with E-state index in [2.05, 4.69) is 0 Å². The number of sulfonamides is 1. The highest BCUT2D eigenvalue weighted by Crippen LogP contribution is 2.22. The van der Waals surface area contributed by atoms with Crippen LogP contribution >= 0.6 is 0 Å². The highest BCUT2D eigenvalue weighted by molar-refractivity contribution is 7.89. The van der Waals surface area contributed by atoms with E-state index in [1.165, 1.54) is 51.7 Å². The number of hydrogen-bond acceptors (Lipinski definition) is 7. The molecule has 1 aliphatic rings. The molecular formula is C22H20FN3O7S. The van der Waals surface area contributed by atoms with Gasteiger partial charge >= 0.3 is 0 Å². The van der Waals surface area contributed by atoms with E-state index in [-0.39, 0.29) is 60.9 Å². The van der Waals surface area contributed by atoms with Crippen molar-refractivity contribution in [3.63, 3.8) is 0 Å². The van der Waals surface area contributed by atoms with Crippen LogP contribution in [-0.2, 0) is 16.6 Å².